The maximum absolute atomic E-state index is 13.7. The summed E-state index contributed by atoms with van der Waals surface area (Å²) in [7, 11) is 0. The highest BCUT2D eigenvalue weighted by atomic mass is 16.4. The third-order valence-corrected chi connectivity index (χ3v) is 7.07. The number of hydrogen-bond acceptors (Lipinski definition) is 10. The Labute approximate surface area is 279 Å². The Hall–Kier alpha value is -5.85. The first kappa shape index (κ1) is 39.3. The van der Waals surface area contributed by atoms with Gasteiger partial charge < -0.3 is 52.4 Å². The number of aromatic amines is 1. The van der Waals surface area contributed by atoms with Crippen LogP contribution in [0, 0.1) is 0 Å². The van der Waals surface area contributed by atoms with Crippen LogP contribution in [0.15, 0.2) is 42.9 Å². The van der Waals surface area contributed by atoms with E-state index in [1.165, 1.54) is 12.5 Å². The maximum Gasteiger partial charge on any atom is 0.326 e. The zero-order valence-electron chi connectivity index (χ0n) is 26.2. The molecule has 0 aliphatic carbocycles. The number of aliphatic carboxylic acids is 4. The Morgan fingerprint density at radius 2 is 1.10 bits per heavy atom. The highest BCUT2D eigenvalue weighted by molar-refractivity contribution is 5.96. The van der Waals surface area contributed by atoms with Crippen molar-refractivity contribution in [3.05, 3.63) is 54.1 Å². The van der Waals surface area contributed by atoms with E-state index < -0.39 is 110 Å². The molecule has 49 heavy (non-hydrogen) atoms. The molecule has 11 N–H and O–H groups in total. The summed E-state index contributed by atoms with van der Waals surface area (Å²) in [5.74, 6) is -9.11. The van der Waals surface area contributed by atoms with Gasteiger partial charge >= 0.3 is 23.9 Å². The molecule has 5 atom stereocenters. The van der Waals surface area contributed by atoms with Gasteiger partial charge in [0.05, 0.1) is 12.4 Å². The molecular weight excluding hydrogens is 650 g/mol. The number of hydrogen-bond donors (Lipinski definition) is 10. The second-order valence-corrected chi connectivity index (χ2v) is 11.0. The van der Waals surface area contributed by atoms with Crippen molar-refractivity contribution in [2.24, 2.45) is 5.73 Å². The van der Waals surface area contributed by atoms with Gasteiger partial charge in [0, 0.05) is 44.0 Å². The van der Waals surface area contributed by atoms with Crippen LogP contribution >= 0.6 is 0 Å². The number of H-pyrrole nitrogens is 1. The number of imidazole rings is 1. The van der Waals surface area contributed by atoms with E-state index in [-0.39, 0.29) is 19.3 Å². The third-order valence-electron chi connectivity index (χ3n) is 7.07. The van der Waals surface area contributed by atoms with Gasteiger partial charge in [-0.15, -0.1) is 0 Å². The van der Waals surface area contributed by atoms with Gasteiger partial charge in [0.25, 0.3) is 0 Å². The molecule has 19 nitrogen and oxygen atoms in total. The molecule has 0 aliphatic rings. The Bertz CT molecular complexity index is 1470. The smallest absolute Gasteiger partial charge is 0.326 e. The third kappa shape index (κ3) is 14.6. The number of amides is 4. The lowest BCUT2D eigenvalue weighted by Gasteiger charge is -2.26. The number of rotatable bonds is 22. The predicted molar refractivity (Wildman–Crippen MR) is 166 cm³/mol. The zero-order valence-corrected chi connectivity index (χ0v) is 26.2. The molecule has 0 spiro atoms. The number of carbonyl (C=O) groups is 8. The number of carboxylic acid groups (broad SMARTS) is 4. The molecule has 4 amide bonds. The van der Waals surface area contributed by atoms with Crippen LogP contribution in [0.3, 0.4) is 0 Å². The Morgan fingerprint density at radius 1 is 0.633 bits per heavy atom. The van der Waals surface area contributed by atoms with Gasteiger partial charge in [0.15, 0.2) is 0 Å². The van der Waals surface area contributed by atoms with Gasteiger partial charge in [-0.2, -0.15) is 0 Å². The maximum atomic E-state index is 13.7. The Balaban J connectivity index is 2.35. The zero-order chi connectivity index (χ0) is 36.5. The standard InChI is InChI=1S/C30H39N7O12/c31-18(6-9-23(38)39)26(44)34-19(7-10-24(40)41)27(45)36-21(12-16-4-2-1-3-5-16)28(46)37-22(13-17-14-32-15-33-17)29(47)35-20(30(48)49)8-11-25(42)43/h1-5,14-15,18-22H,6-13,31H2,(H,32,33)(H,34,44)(H,35,47)(H,36,45)(H,37,46)(H,38,39)(H,40,41)(H,42,43)(H,48,49)/t18-,19-,20-,21-,22-/m0/s1. The van der Waals surface area contributed by atoms with Crippen molar-refractivity contribution < 1.29 is 58.8 Å². The van der Waals surface area contributed by atoms with Crippen LogP contribution in [0.4, 0.5) is 0 Å². The molecule has 0 saturated carbocycles. The van der Waals surface area contributed by atoms with Crippen molar-refractivity contribution in [3.63, 3.8) is 0 Å². The molecule has 0 unspecified atom stereocenters. The van der Waals surface area contributed by atoms with Crippen LogP contribution in [-0.2, 0) is 51.2 Å². The van der Waals surface area contributed by atoms with E-state index in [9.17, 15) is 48.6 Å². The van der Waals surface area contributed by atoms with Crippen molar-refractivity contribution in [2.75, 3.05) is 0 Å². The summed E-state index contributed by atoms with van der Waals surface area (Å²) in [6, 6.07) is 0.978. The molecule has 2 rings (SSSR count). The summed E-state index contributed by atoms with van der Waals surface area (Å²) in [5, 5.41) is 46.1. The lowest BCUT2D eigenvalue weighted by atomic mass is 10.0. The average Bonchev–Trinajstić information content (AvgIpc) is 3.56. The number of nitrogens with two attached hydrogens (primary N) is 1. The number of carbonyl (C=O) groups excluding carboxylic acids is 4. The Morgan fingerprint density at radius 3 is 1.61 bits per heavy atom. The number of aromatic nitrogens is 2. The second-order valence-electron chi connectivity index (χ2n) is 11.0. The van der Waals surface area contributed by atoms with Crippen LogP contribution in [0.1, 0.15) is 49.8 Å². The summed E-state index contributed by atoms with van der Waals surface area (Å²) < 4.78 is 0. The SMILES string of the molecule is N[C@@H](CCC(=O)O)C(=O)N[C@@H](CCC(=O)O)C(=O)N[C@@H](Cc1ccccc1)C(=O)N[C@@H](Cc1cnc[nH]1)C(=O)N[C@@H](CCC(=O)O)C(=O)O. The van der Waals surface area contributed by atoms with Crippen molar-refractivity contribution in [3.8, 4) is 0 Å². The fourth-order valence-electron chi connectivity index (χ4n) is 4.45. The van der Waals surface area contributed by atoms with Crippen molar-refractivity contribution >= 4 is 47.5 Å². The summed E-state index contributed by atoms with van der Waals surface area (Å²) in [5.41, 5.74) is 6.66. The average molecular weight is 690 g/mol. The molecule has 0 aliphatic heterocycles. The van der Waals surface area contributed by atoms with E-state index in [0.29, 0.717) is 11.3 Å². The van der Waals surface area contributed by atoms with Crippen LogP contribution in [0.2, 0.25) is 0 Å². The minimum absolute atomic E-state index is 0.148. The van der Waals surface area contributed by atoms with E-state index in [1.54, 1.807) is 30.3 Å². The van der Waals surface area contributed by atoms with Crippen LogP contribution < -0.4 is 27.0 Å². The van der Waals surface area contributed by atoms with Gasteiger partial charge in [-0.05, 0) is 24.8 Å². The molecular formula is C30H39N7O12. The summed E-state index contributed by atoms with van der Waals surface area (Å²) in [6.45, 7) is 0. The van der Waals surface area contributed by atoms with E-state index >= 15 is 0 Å². The van der Waals surface area contributed by atoms with Gasteiger partial charge in [-0.1, -0.05) is 30.3 Å². The predicted octanol–water partition coefficient (Wildman–Crippen LogP) is -1.86. The van der Waals surface area contributed by atoms with Crippen LogP contribution in [0.5, 0.6) is 0 Å². The minimum atomic E-state index is -1.61. The summed E-state index contributed by atoms with van der Waals surface area (Å²) in [4.78, 5) is 105. The van der Waals surface area contributed by atoms with Crippen LogP contribution in [-0.4, -0.2) is 108 Å². The number of benzene rings is 1. The molecule has 266 valence electrons. The van der Waals surface area contributed by atoms with E-state index in [0.717, 1.165) is 0 Å². The fourth-order valence-corrected chi connectivity index (χ4v) is 4.45. The van der Waals surface area contributed by atoms with E-state index in [4.69, 9.17) is 15.9 Å². The molecule has 1 heterocycles. The van der Waals surface area contributed by atoms with Gasteiger partial charge in [-0.25, -0.2) is 9.78 Å². The molecule has 1 aromatic heterocycles. The topological polar surface area (TPSA) is 320 Å². The van der Waals surface area contributed by atoms with Gasteiger partial charge in [0.2, 0.25) is 23.6 Å². The molecule has 0 bridgehead atoms. The second kappa shape index (κ2) is 19.7. The quantitative estimate of drug-likeness (QED) is 0.0648. The summed E-state index contributed by atoms with van der Waals surface area (Å²) in [6.07, 6.45) is -0.436. The summed E-state index contributed by atoms with van der Waals surface area (Å²) >= 11 is 0. The van der Waals surface area contributed by atoms with E-state index in [1.807, 2.05) is 0 Å². The Kier molecular flexibility index (Phi) is 15.8. The number of nitrogens with one attached hydrogen (secondary N) is 5. The fraction of sp³-hybridized carbons (Fsp3) is 0.433. The normalized spacial score (nSPS) is 13.8. The van der Waals surface area contributed by atoms with Crippen molar-refractivity contribution in [2.45, 2.75) is 81.6 Å². The van der Waals surface area contributed by atoms with Crippen LogP contribution in [0.25, 0.3) is 0 Å². The van der Waals surface area contributed by atoms with E-state index in [2.05, 4.69) is 31.2 Å². The lowest BCUT2D eigenvalue weighted by molar-refractivity contribution is -0.143. The first-order chi connectivity index (χ1) is 23.2. The monoisotopic (exact) mass is 689 g/mol. The lowest BCUT2D eigenvalue weighted by Crippen LogP contribution is -2.59. The first-order valence-electron chi connectivity index (χ1n) is 15.0. The minimum Gasteiger partial charge on any atom is -0.481 e. The van der Waals surface area contributed by atoms with Gasteiger partial charge in [0.1, 0.15) is 24.2 Å². The highest BCUT2D eigenvalue weighted by Crippen LogP contribution is 2.09. The number of carboxylic acids is 4. The van der Waals surface area contributed by atoms with Crippen molar-refractivity contribution in [1.29, 1.82) is 0 Å². The molecule has 0 saturated heterocycles. The number of nitrogens with zero attached hydrogens (tertiary/aromatic N) is 1. The first-order valence-corrected chi connectivity index (χ1v) is 15.0. The van der Waals surface area contributed by atoms with Crippen molar-refractivity contribution in [1.82, 2.24) is 31.2 Å². The highest BCUT2D eigenvalue weighted by Gasteiger charge is 2.32. The molecule has 1 aromatic carbocycles. The molecule has 2 aromatic rings. The molecule has 19 heteroatoms. The largest absolute Gasteiger partial charge is 0.481 e. The molecule has 0 fully saturated rings. The molecule has 0 radical (unpaired) electrons. The van der Waals surface area contributed by atoms with Gasteiger partial charge in [-0.3, -0.25) is 33.6 Å².